The van der Waals surface area contributed by atoms with Gasteiger partial charge in [0.1, 0.15) is 0 Å². The maximum Gasteiger partial charge on any atom is 0.417 e. The van der Waals surface area contributed by atoms with E-state index < -0.39 is 22.7 Å². The van der Waals surface area contributed by atoms with Gasteiger partial charge in [-0.25, -0.2) is 0 Å². The van der Waals surface area contributed by atoms with Crippen LogP contribution in [0.4, 0.5) is 18.9 Å². The van der Waals surface area contributed by atoms with Crippen molar-refractivity contribution >= 4 is 40.9 Å². The fraction of sp³-hybridized carbons (Fsp3) is 0.0625. The summed E-state index contributed by atoms with van der Waals surface area (Å²) in [6.45, 7) is 0. The molecule has 0 saturated carbocycles. The van der Waals surface area contributed by atoms with E-state index in [0.717, 1.165) is 12.1 Å². The lowest BCUT2D eigenvalue weighted by molar-refractivity contribution is -0.137. The molecule has 0 fully saturated rings. The molecular formula is C16H10Cl2F3NO. The van der Waals surface area contributed by atoms with Gasteiger partial charge in [0.25, 0.3) is 0 Å². The van der Waals surface area contributed by atoms with Crippen LogP contribution in [-0.2, 0) is 11.0 Å². The lowest BCUT2D eigenvalue weighted by Gasteiger charge is -2.11. The van der Waals surface area contributed by atoms with Crippen molar-refractivity contribution in [2.75, 3.05) is 5.32 Å². The number of nitrogens with one attached hydrogen (secondary N) is 1. The van der Waals surface area contributed by atoms with Gasteiger partial charge in [-0.05, 0) is 42.0 Å². The summed E-state index contributed by atoms with van der Waals surface area (Å²) in [6.07, 6.45) is -1.89. The molecule has 2 aromatic carbocycles. The summed E-state index contributed by atoms with van der Waals surface area (Å²) >= 11 is 11.3. The first kappa shape index (κ1) is 17.4. The SMILES string of the molecule is O=C(/C=C/c1cccc(Cl)c1)Nc1ccc(Cl)c(C(F)(F)F)c1. The maximum atomic E-state index is 12.7. The molecular weight excluding hydrogens is 350 g/mol. The van der Waals surface area contributed by atoms with Crippen LogP contribution in [0, 0.1) is 0 Å². The lowest BCUT2D eigenvalue weighted by atomic mass is 10.2. The molecule has 0 saturated heterocycles. The van der Waals surface area contributed by atoms with E-state index in [0.29, 0.717) is 10.6 Å². The average Bonchev–Trinajstić information content (AvgIpc) is 2.46. The van der Waals surface area contributed by atoms with Crippen LogP contribution in [0.3, 0.4) is 0 Å². The molecule has 2 aromatic rings. The zero-order chi connectivity index (χ0) is 17.0. The summed E-state index contributed by atoms with van der Waals surface area (Å²) in [5.41, 5.74) is -0.307. The van der Waals surface area contributed by atoms with Crippen LogP contribution in [0.15, 0.2) is 48.5 Å². The standard InChI is InChI=1S/C16H10Cl2F3NO/c17-11-3-1-2-10(8-11)4-7-15(23)22-12-5-6-14(18)13(9-12)16(19,20)21/h1-9H,(H,22,23)/b7-4+. The first-order valence-electron chi connectivity index (χ1n) is 6.37. The smallest absolute Gasteiger partial charge is 0.322 e. The van der Waals surface area contributed by atoms with Crippen LogP contribution in [0.25, 0.3) is 6.08 Å². The zero-order valence-corrected chi connectivity index (χ0v) is 13.0. The van der Waals surface area contributed by atoms with Crippen LogP contribution in [-0.4, -0.2) is 5.91 Å². The molecule has 2 rings (SSSR count). The molecule has 0 aliphatic rings. The predicted octanol–water partition coefficient (Wildman–Crippen LogP) is 5.66. The molecule has 120 valence electrons. The summed E-state index contributed by atoms with van der Waals surface area (Å²) in [5, 5.41) is 2.44. The quantitative estimate of drug-likeness (QED) is 0.703. The second kappa shape index (κ2) is 7.06. The Kier molecular flexibility index (Phi) is 5.34. The van der Waals surface area contributed by atoms with Gasteiger partial charge < -0.3 is 5.32 Å². The van der Waals surface area contributed by atoms with E-state index >= 15 is 0 Å². The van der Waals surface area contributed by atoms with E-state index in [-0.39, 0.29) is 5.69 Å². The molecule has 0 spiro atoms. The van der Waals surface area contributed by atoms with Gasteiger partial charge in [-0.3, -0.25) is 4.79 Å². The Morgan fingerprint density at radius 1 is 1.09 bits per heavy atom. The fourth-order valence-electron chi connectivity index (χ4n) is 1.79. The van der Waals surface area contributed by atoms with E-state index in [9.17, 15) is 18.0 Å². The first-order valence-corrected chi connectivity index (χ1v) is 7.13. The molecule has 0 unspecified atom stereocenters. The Labute approximate surface area is 140 Å². The maximum absolute atomic E-state index is 12.7. The number of alkyl halides is 3. The minimum absolute atomic E-state index is 0.00229. The average molecular weight is 360 g/mol. The Morgan fingerprint density at radius 2 is 1.83 bits per heavy atom. The third-order valence-electron chi connectivity index (χ3n) is 2.82. The topological polar surface area (TPSA) is 29.1 Å². The van der Waals surface area contributed by atoms with Crippen molar-refractivity contribution < 1.29 is 18.0 Å². The Bertz CT molecular complexity index is 757. The molecule has 0 aliphatic heterocycles. The number of benzene rings is 2. The molecule has 0 atom stereocenters. The van der Waals surface area contributed by atoms with E-state index in [1.807, 2.05) is 0 Å². The number of anilines is 1. The molecule has 0 aromatic heterocycles. The highest BCUT2D eigenvalue weighted by Gasteiger charge is 2.33. The number of rotatable bonds is 3. The van der Waals surface area contributed by atoms with Crippen molar-refractivity contribution in [3.63, 3.8) is 0 Å². The summed E-state index contributed by atoms with van der Waals surface area (Å²) in [6, 6.07) is 9.95. The molecule has 0 radical (unpaired) electrons. The number of carbonyl (C=O) groups is 1. The number of carbonyl (C=O) groups excluding carboxylic acids is 1. The van der Waals surface area contributed by atoms with E-state index in [1.54, 1.807) is 24.3 Å². The minimum Gasteiger partial charge on any atom is -0.322 e. The molecule has 2 nitrogen and oxygen atoms in total. The van der Waals surface area contributed by atoms with E-state index in [2.05, 4.69) is 5.32 Å². The van der Waals surface area contributed by atoms with E-state index in [4.69, 9.17) is 23.2 Å². The summed E-state index contributed by atoms with van der Waals surface area (Å²) < 4.78 is 38.2. The minimum atomic E-state index is -4.59. The molecule has 23 heavy (non-hydrogen) atoms. The third-order valence-corrected chi connectivity index (χ3v) is 3.38. The molecule has 0 bridgehead atoms. The van der Waals surface area contributed by atoms with Gasteiger partial charge in [-0.15, -0.1) is 0 Å². The Balaban J connectivity index is 2.12. The van der Waals surface area contributed by atoms with Gasteiger partial charge in [0.15, 0.2) is 0 Å². The molecule has 0 aliphatic carbocycles. The number of hydrogen-bond acceptors (Lipinski definition) is 1. The third kappa shape index (κ3) is 5.01. The van der Waals surface area contributed by atoms with Crippen LogP contribution < -0.4 is 5.32 Å². The van der Waals surface area contributed by atoms with Crippen LogP contribution in [0.2, 0.25) is 10.0 Å². The number of halogens is 5. The van der Waals surface area contributed by atoms with Crippen molar-refractivity contribution in [3.05, 3.63) is 69.7 Å². The molecule has 1 amide bonds. The highest BCUT2D eigenvalue weighted by atomic mass is 35.5. The zero-order valence-electron chi connectivity index (χ0n) is 11.5. The summed E-state index contributed by atoms with van der Waals surface area (Å²) in [7, 11) is 0. The largest absolute Gasteiger partial charge is 0.417 e. The van der Waals surface area contributed by atoms with Crippen molar-refractivity contribution in [3.8, 4) is 0 Å². The molecule has 1 N–H and O–H groups in total. The summed E-state index contributed by atoms with van der Waals surface area (Å²) in [4.78, 5) is 11.8. The lowest BCUT2D eigenvalue weighted by Crippen LogP contribution is -2.11. The number of hydrogen-bond donors (Lipinski definition) is 1. The van der Waals surface area contributed by atoms with Gasteiger partial charge in [0, 0.05) is 16.8 Å². The second-order valence-electron chi connectivity index (χ2n) is 4.57. The second-order valence-corrected chi connectivity index (χ2v) is 5.41. The van der Waals surface area contributed by atoms with Gasteiger partial charge >= 0.3 is 6.18 Å². The van der Waals surface area contributed by atoms with Gasteiger partial charge in [-0.2, -0.15) is 13.2 Å². The van der Waals surface area contributed by atoms with Crippen molar-refractivity contribution in [2.45, 2.75) is 6.18 Å². The Morgan fingerprint density at radius 3 is 2.48 bits per heavy atom. The monoisotopic (exact) mass is 359 g/mol. The van der Waals surface area contributed by atoms with Crippen LogP contribution in [0.5, 0.6) is 0 Å². The summed E-state index contributed by atoms with van der Waals surface area (Å²) in [5.74, 6) is -0.569. The predicted molar refractivity (Wildman–Crippen MR) is 85.6 cm³/mol. The van der Waals surface area contributed by atoms with Gasteiger partial charge in [0.2, 0.25) is 5.91 Å². The molecule has 0 heterocycles. The Hall–Kier alpha value is -1.98. The number of amides is 1. The fourth-order valence-corrected chi connectivity index (χ4v) is 2.21. The van der Waals surface area contributed by atoms with Crippen molar-refractivity contribution in [1.29, 1.82) is 0 Å². The van der Waals surface area contributed by atoms with Crippen molar-refractivity contribution in [2.24, 2.45) is 0 Å². The normalized spacial score (nSPS) is 11.7. The molecule has 7 heteroatoms. The highest BCUT2D eigenvalue weighted by Crippen LogP contribution is 2.36. The van der Waals surface area contributed by atoms with Crippen molar-refractivity contribution in [1.82, 2.24) is 0 Å². The van der Waals surface area contributed by atoms with E-state index in [1.165, 1.54) is 18.2 Å². The van der Waals surface area contributed by atoms with Crippen LogP contribution >= 0.6 is 23.2 Å². The van der Waals surface area contributed by atoms with Crippen LogP contribution in [0.1, 0.15) is 11.1 Å². The first-order chi connectivity index (χ1) is 10.8. The highest BCUT2D eigenvalue weighted by molar-refractivity contribution is 6.31. The van der Waals surface area contributed by atoms with Gasteiger partial charge in [-0.1, -0.05) is 35.3 Å². The van der Waals surface area contributed by atoms with Gasteiger partial charge in [0.05, 0.1) is 10.6 Å².